The second-order valence-corrected chi connectivity index (χ2v) is 3.64. The first-order chi connectivity index (χ1) is 8.31. The van der Waals surface area contributed by atoms with Gasteiger partial charge in [0.05, 0.1) is 6.20 Å². The van der Waals surface area contributed by atoms with Crippen molar-refractivity contribution in [3.05, 3.63) is 24.4 Å². The summed E-state index contributed by atoms with van der Waals surface area (Å²) < 4.78 is 10.4. The molecule has 1 aromatic heterocycles. The van der Waals surface area contributed by atoms with Gasteiger partial charge in [0.25, 0.3) is 5.91 Å². The minimum atomic E-state index is -0.136. The van der Waals surface area contributed by atoms with Crippen LogP contribution in [0.5, 0.6) is 5.75 Å². The molecule has 2 aromatic rings. The van der Waals surface area contributed by atoms with Crippen molar-refractivity contribution in [2.45, 2.75) is 13.3 Å². The lowest BCUT2D eigenvalue weighted by Crippen LogP contribution is -2.29. The highest BCUT2D eigenvalue weighted by Gasteiger charge is 2.08. The second kappa shape index (κ2) is 5.34. The van der Waals surface area contributed by atoms with E-state index in [1.165, 1.54) is 0 Å². The van der Waals surface area contributed by atoms with Gasteiger partial charge in [-0.2, -0.15) is 0 Å². The first-order valence-corrected chi connectivity index (χ1v) is 5.54. The van der Waals surface area contributed by atoms with Gasteiger partial charge in [0.2, 0.25) is 5.58 Å². The number of carbonyl (C=O) groups is 1. The van der Waals surface area contributed by atoms with Gasteiger partial charge in [-0.25, -0.2) is 0 Å². The Bertz CT molecular complexity index is 507. The molecular weight excluding hydrogens is 220 g/mol. The Morgan fingerprint density at radius 1 is 1.53 bits per heavy atom. The van der Waals surface area contributed by atoms with Crippen molar-refractivity contribution in [3.8, 4) is 5.75 Å². The molecule has 90 valence electrons. The molecular formula is C12H14N2O3. The molecule has 0 spiro atoms. The van der Waals surface area contributed by atoms with E-state index in [4.69, 9.17) is 9.26 Å². The van der Waals surface area contributed by atoms with Crippen LogP contribution in [0.25, 0.3) is 11.0 Å². The molecule has 5 heteroatoms. The summed E-state index contributed by atoms with van der Waals surface area (Å²) in [6.45, 7) is 2.64. The van der Waals surface area contributed by atoms with Gasteiger partial charge in [0.1, 0.15) is 0 Å². The Hall–Kier alpha value is -2.04. The van der Waals surface area contributed by atoms with E-state index in [0.717, 1.165) is 11.8 Å². The van der Waals surface area contributed by atoms with Crippen LogP contribution in [0.2, 0.25) is 0 Å². The van der Waals surface area contributed by atoms with E-state index in [0.29, 0.717) is 17.9 Å². The van der Waals surface area contributed by atoms with Crippen LogP contribution in [0.4, 0.5) is 0 Å². The van der Waals surface area contributed by atoms with Gasteiger partial charge in [0, 0.05) is 11.9 Å². The number of aromatic nitrogens is 1. The third-order valence-corrected chi connectivity index (χ3v) is 2.28. The van der Waals surface area contributed by atoms with Gasteiger partial charge in [-0.05, 0) is 18.6 Å². The molecule has 17 heavy (non-hydrogen) atoms. The van der Waals surface area contributed by atoms with Crippen LogP contribution in [-0.4, -0.2) is 24.2 Å². The molecule has 0 aliphatic heterocycles. The molecule has 1 N–H and O–H groups in total. The number of rotatable bonds is 5. The standard InChI is InChI=1S/C12H14N2O3/c1-2-6-13-11(15)8-16-10-5-3-4-9-7-14-17-12(9)10/h3-5,7H,2,6,8H2,1H3,(H,13,15). The smallest absolute Gasteiger partial charge is 0.257 e. The van der Waals surface area contributed by atoms with Crippen molar-refractivity contribution in [1.29, 1.82) is 0 Å². The molecule has 0 saturated heterocycles. The summed E-state index contributed by atoms with van der Waals surface area (Å²) in [5.74, 6) is 0.398. The summed E-state index contributed by atoms with van der Waals surface area (Å²) in [5, 5.41) is 7.28. The molecule has 5 nitrogen and oxygen atoms in total. The van der Waals surface area contributed by atoms with Crippen LogP contribution in [-0.2, 0) is 4.79 Å². The van der Waals surface area contributed by atoms with E-state index >= 15 is 0 Å². The summed E-state index contributed by atoms with van der Waals surface area (Å²) in [5.41, 5.74) is 0.566. The number of fused-ring (bicyclic) bond motifs is 1. The maximum absolute atomic E-state index is 11.4. The van der Waals surface area contributed by atoms with Gasteiger partial charge in [-0.3, -0.25) is 4.79 Å². The number of nitrogens with one attached hydrogen (secondary N) is 1. The Morgan fingerprint density at radius 3 is 3.24 bits per heavy atom. The van der Waals surface area contributed by atoms with Crippen LogP contribution in [0, 0.1) is 0 Å². The highest BCUT2D eigenvalue weighted by molar-refractivity contribution is 5.83. The lowest BCUT2D eigenvalue weighted by molar-refractivity contribution is -0.123. The zero-order valence-corrected chi connectivity index (χ0v) is 9.60. The first-order valence-electron chi connectivity index (χ1n) is 5.54. The van der Waals surface area contributed by atoms with Gasteiger partial charge in [-0.15, -0.1) is 0 Å². The number of hydrogen-bond donors (Lipinski definition) is 1. The predicted octanol–water partition coefficient (Wildman–Crippen LogP) is 1.73. The van der Waals surface area contributed by atoms with Crippen LogP contribution < -0.4 is 10.1 Å². The predicted molar refractivity (Wildman–Crippen MR) is 62.8 cm³/mol. The van der Waals surface area contributed by atoms with Gasteiger partial charge < -0.3 is 14.6 Å². The maximum Gasteiger partial charge on any atom is 0.257 e. The van der Waals surface area contributed by atoms with Crippen LogP contribution in [0.3, 0.4) is 0 Å². The van der Waals surface area contributed by atoms with Gasteiger partial charge in [-0.1, -0.05) is 18.1 Å². The molecule has 1 amide bonds. The average Bonchev–Trinajstić information content (AvgIpc) is 2.82. The van der Waals surface area contributed by atoms with Crippen molar-refractivity contribution < 1.29 is 14.1 Å². The molecule has 0 atom stereocenters. The van der Waals surface area contributed by atoms with Crippen molar-refractivity contribution in [2.24, 2.45) is 0 Å². The molecule has 0 aliphatic rings. The molecule has 0 radical (unpaired) electrons. The fourth-order valence-electron chi connectivity index (χ4n) is 1.44. The number of nitrogens with zero attached hydrogens (tertiary/aromatic N) is 1. The fourth-order valence-corrected chi connectivity index (χ4v) is 1.44. The number of para-hydroxylation sites is 1. The van der Waals surface area contributed by atoms with E-state index in [1.54, 1.807) is 12.3 Å². The van der Waals surface area contributed by atoms with Crippen LogP contribution >= 0.6 is 0 Å². The summed E-state index contributed by atoms with van der Waals surface area (Å²) in [4.78, 5) is 11.4. The number of hydrogen-bond acceptors (Lipinski definition) is 4. The monoisotopic (exact) mass is 234 g/mol. The molecule has 1 aromatic carbocycles. The molecule has 1 heterocycles. The van der Waals surface area contributed by atoms with E-state index < -0.39 is 0 Å². The number of carbonyl (C=O) groups excluding carboxylic acids is 1. The number of ether oxygens (including phenoxy) is 1. The minimum absolute atomic E-state index is 0.0141. The third kappa shape index (κ3) is 2.75. The Balaban J connectivity index is 1.99. The number of benzene rings is 1. The molecule has 0 fully saturated rings. The normalized spacial score (nSPS) is 10.4. The second-order valence-electron chi connectivity index (χ2n) is 3.64. The first kappa shape index (κ1) is 11.4. The number of amides is 1. The van der Waals surface area contributed by atoms with Crippen LogP contribution in [0.1, 0.15) is 13.3 Å². The fraction of sp³-hybridized carbons (Fsp3) is 0.333. The van der Waals surface area contributed by atoms with Gasteiger partial charge in [0.15, 0.2) is 12.4 Å². The SMILES string of the molecule is CCCNC(=O)COc1cccc2cnoc12. The zero-order valence-electron chi connectivity index (χ0n) is 9.60. The lowest BCUT2D eigenvalue weighted by Gasteiger charge is -2.06. The van der Waals surface area contributed by atoms with Crippen molar-refractivity contribution in [2.75, 3.05) is 13.2 Å². The van der Waals surface area contributed by atoms with Crippen molar-refractivity contribution in [3.63, 3.8) is 0 Å². The topological polar surface area (TPSA) is 64.4 Å². The summed E-state index contributed by atoms with van der Waals surface area (Å²) in [6.07, 6.45) is 2.52. The molecule has 0 aliphatic carbocycles. The average molecular weight is 234 g/mol. The van der Waals surface area contributed by atoms with Crippen molar-refractivity contribution >= 4 is 16.9 Å². The van der Waals surface area contributed by atoms with Gasteiger partial charge >= 0.3 is 0 Å². The van der Waals surface area contributed by atoms with E-state index in [-0.39, 0.29) is 12.5 Å². The van der Waals surface area contributed by atoms with Crippen molar-refractivity contribution in [1.82, 2.24) is 10.5 Å². The molecule has 0 unspecified atom stereocenters. The largest absolute Gasteiger partial charge is 0.480 e. The van der Waals surface area contributed by atoms with E-state index in [2.05, 4.69) is 10.5 Å². The van der Waals surface area contributed by atoms with E-state index in [1.807, 2.05) is 19.1 Å². The van der Waals surface area contributed by atoms with E-state index in [9.17, 15) is 4.79 Å². The van der Waals surface area contributed by atoms with Crippen LogP contribution in [0.15, 0.2) is 28.9 Å². The Kier molecular flexibility index (Phi) is 3.59. The summed E-state index contributed by atoms with van der Waals surface area (Å²) in [6, 6.07) is 5.45. The maximum atomic E-state index is 11.4. The highest BCUT2D eigenvalue weighted by atomic mass is 16.5. The molecule has 0 saturated carbocycles. The summed E-state index contributed by atoms with van der Waals surface area (Å²) >= 11 is 0. The Morgan fingerprint density at radius 2 is 2.41 bits per heavy atom. The minimum Gasteiger partial charge on any atom is -0.480 e. The molecule has 2 rings (SSSR count). The summed E-state index contributed by atoms with van der Waals surface area (Å²) in [7, 11) is 0. The Labute approximate surface area is 98.7 Å². The lowest BCUT2D eigenvalue weighted by atomic mass is 10.2. The quantitative estimate of drug-likeness (QED) is 0.855. The highest BCUT2D eigenvalue weighted by Crippen LogP contribution is 2.24. The molecule has 0 bridgehead atoms. The zero-order chi connectivity index (χ0) is 12.1. The third-order valence-electron chi connectivity index (χ3n) is 2.28.